The maximum absolute atomic E-state index is 10.4. The lowest BCUT2D eigenvalue weighted by atomic mass is 9.81. The van der Waals surface area contributed by atoms with E-state index in [9.17, 15) is 20.4 Å². The Morgan fingerprint density at radius 2 is 1.07 bits per heavy atom. The number of fused-ring (bicyclic) bond motifs is 6. The highest BCUT2D eigenvalue weighted by molar-refractivity contribution is 5.85. The molecule has 4 aromatic carbocycles. The summed E-state index contributed by atoms with van der Waals surface area (Å²) in [4.78, 5) is 0. The average molecular weight is 555 g/mol. The van der Waals surface area contributed by atoms with E-state index in [1.54, 1.807) is 18.2 Å². The van der Waals surface area contributed by atoms with Crippen LogP contribution in [0, 0.1) is 20.8 Å². The van der Waals surface area contributed by atoms with Crippen molar-refractivity contribution in [3.05, 3.63) is 93.5 Å². The van der Waals surface area contributed by atoms with Crippen LogP contribution in [-0.2, 0) is 24.4 Å². The second-order valence-corrected chi connectivity index (χ2v) is 11.9. The molecule has 0 aliphatic carbocycles. The molecule has 41 heavy (non-hydrogen) atoms. The van der Waals surface area contributed by atoms with Gasteiger partial charge >= 0.3 is 0 Å². The number of ether oxygens (including phenoxy) is 2. The summed E-state index contributed by atoms with van der Waals surface area (Å²) in [6.45, 7) is 13.7. The minimum Gasteiger partial charge on any atom is -0.507 e. The third-order valence-electron chi connectivity index (χ3n) is 8.17. The number of hydrogen-bond donors (Lipinski definition) is 4. The largest absolute Gasteiger partial charge is 0.507 e. The van der Waals surface area contributed by atoms with E-state index in [4.69, 9.17) is 9.47 Å². The van der Waals surface area contributed by atoms with Gasteiger partial charge in [-0.1, -0.05) is 30.3 Å². The first kappa shape index (κ1) is 28.5. The predicted molar refractivity (Wildman–Crippen MR) is 160 cm³/mol. The topological polar surface area (TPSA) is 99.4 Å². The molecule has 6 rings (SSSR count). The smallest absolute Gasteiger partial charge is 0.132 e. The van der Waals surface area contributed by atoms with Crippen LogP contribution in [0.1, 0.15) is 66.6 Å². The SMILES string of the molecule is Cc1cc(O)c2c(c1)OC(C)(C)c1ccc(C)c(CO)c1-2.Cc1ccc2c(c1CO)-c1c(O)cccc1OC2(C)C. The van der Waals surface area contributed by atoms with E-state index in [0.29, 0.717) is 22.6 Å². The Bertz CT molecular complexity index is 1660. The van der Waals surface area contributed by atoms with Crippen molar-refractivity contribution < 1.29 is 29.9 Å². The van der Waals surface area contributed by atoms with Gasteiger partial charge in [0.05, 0.1) is 24.3 Å². The first-order valence-electron chi connectivity index (χ1n) is 13.8. The van der Waals surface area contributed by atoms with Crippen molar-refractivity contribution in [1.29, 1.82) is 0 Å². The molecule has 0 radical (unpaired) electrons. The van der Waals surface area contributed by atoms with Crippen molar-refractivity contribution in [1.82, 2.24) is 0 Å². The summed E-state index contributed by atoms with van der Waals surface area (Å²) in [5, 5.41) is 40.2. The normalized spacial score (nSPS) is 15.1. The summed E-state index contributed by atoms with van der Waals surface area (Å²) in [5.74, 6) is 1.70. The number of aryl methyl sites for hydroxylation is 3. The molecule has 6 nitrogen and oxygen atoms in total. The van der Waals surface area contributed by atoms with E-state index in [1.165, 1.54) is 0 Å². The summed E-state index contributed by atoms with van der Waals surface area (Å²) in [7, 11) is 0. The summed E-state index contributed by atoms with van der Waals surface area (Å²) >= 11 is 0. The van der Waals surface area contributed by atoms with Crippen molar-refractivity contribution in [3.8, 4) is 45.3 Å². The van der Waals surface area contributed by atoms with Gasteiger partial charge in [-0.15, -0.1) is 0 Å². The van der Waals surface area contributed by atoms with Gasteiger partial charge in [0.1, 0.15) is 34.2 Å². The highest BCUT2D eigenvalue weighted by atomic mass is 16.5. The van der Waals surface area contributed by atoms with E-state index in [1.807, 2.05) is 84.9 Å². The van der Waals surface area contributed by atoms with Gasteiger partial charge < -0.3 is 29.9 Å². The first-order chi connectivity index (χ1) is 19.3. The zero-order valence-corrected chi connectivity index (χ0v) is 24.7. The number of hydrogen-bond acceptors (Lipinski definition) is 6. The molecule has 0 aromatic heterocycles. The Labute approximate surface area is 241 Å². The molecule has 0 atom stereocenters. The van der Waals surface area contributed by atoms with Gasteiger partial charge in [0.2, 0.25) is 0 Å². The number of rotatable bonds is 2. The molecular weight excluding hydrogens is 516 g/mol. The third-order valence-corrected chi connectivity index (χ3v) is 8.17. The molecule has 2 aliphatic rings. The second kappa shape index (κ2) is 10.1. The van der Waals surface area contributed by atoms with Gasteiger partial charge in [-0.2, -0.15) is 0 Å². The number of aliphatic hydroxyl groups is 2. The predicted octanol–water partition coefficient (Wildman–Crippen LogP) is 7.28. The standard InChI is InChI=1S/C18H20O3.C17H18O3/c1-10-7-14(20)17-15(8-10)21-18(3,4)13-6-5-11(2)12(9-19)16(13)17;1-10-7-8-12-15(11(10)9-18)16-13(19)5-4-6-14(16)20-17(12,2)3/h5-8,19-20H,9H2,1-4H3;4-8,18-19H,9H2,1-3H3. The molecule has 4 N–H and O–H groups in total. The second-order valence-electron chi connectivity index (χ2n) is 11.9. The highest BCUT2D eigenvalue weighted by Crippen LogP contribution is 2.52. The van der Waals surface area contributed by atoms with Crippen molar-refractivity contribution >= 4 is 0 Å². The Hall–Kier alpha value is -4.00. The van der Waals surface area contributed by atoms with Crippen LogP contribution in [0.4, 0.5) is 0 Å². The van der Waals surface area contributed by atoms with Crippen molar-refractivity contribution in [2.24, 2.45) is 0 Å². The van der Waals surface area contributed by atoms with Crippen LogP contribution in [0.15, 0.2) is 54.6 Å². The van der Waals surface area contributed by atoms with Gasteiger partial charge in [0.15, 0.2) is 0 Å². The summed E-state index contributed by atoms with van der Waals surface area (Å²) in [6, 6.07) is 16.9. The van der Waals surface area contributed by atoms with E-state index >= 15 is 0 Å². The number of phenolic OH excluding ortho intramolecular Hbond substituents is 2. The molecule has 0 spiro atoms. The molecule has 0 saturated heterocycles. The molecule has 0 amide bonds. The van der Waals surface area contributed by atoms with Crippen LogP contribution >= 0.6 is 0 Å². The molecule has 0 saturated carbocycles. The number of benzene rings is 4. The minimum absolute atomic E-state index is 0.0567. The maximum atomic E-state index is 10.4. The van der Waals surface area contributed by atoms with Crippen LogP contribution in [0.5, 0.6) is 23.0 Å². The number of aromatic hydroxyl groups is 2. The molecular formula is C35H38O6. The van der Waals surface area contributed by atoms with Crippen LogP contribution in [0.25, 0.3) is 22.3 Å². The lowest BCUT2D eigenvalue weighted by Gasteiger charge is -2.36. The van der Waals surface area contributed by atoms with E-state index < -0.39 is 11.2 Å². The fourth-order valence-corrected chi connectivity index (χ4v) is 6.07. The zero-order valence-electron chi connectivity index (χ0n) is 24.7. The molecule has 0 fully saturated rings. The molecule has 2 heterocycles. The Morgan fingerprint density at radius 3 is 1.59 bits per heavy atom. The monoisotopic (exact) mass is 554 g/mol. The lowest BCUT2D eigenvalue weighted by molar-refractivity contribution is 0.104. The Kier molecular flexibility index (Phi) is 7.04. The molecule has 4 aromatic rings. The zero-order chi connectivity index (χ0) is 29.9. The van der Waals surface area contributed by atoms with Gasteiger partial charge in [-0.3, -0.25) is 0 Å². The van der Waals surface area contributed by atoms with Crippen LogP contribution in [-0.4, -0.2) is 20.4 Å². The van der Waals surface area contributed by atoms with E-state index in [2.05, 4.69) is 0 Å². The third kappa shape index (κ3) is 4.71. The van der Waals surface area contributed by atoms with Gasteiger partial charge in [-0.05, 0) is 101 Å². The van der Waals surface area contributed by atoms with Crippen molar-refractivity contribution in [2.75, 3.05) is 0 Å². The fraction of sp³-hybridized carbons (Fsp3) is 0.314. The molecule has 214 valence electrons. The van der Waals surface area contributed by atoms with Crippen LogP contribution in [0.3, 0.4) is 0 Å². The summed E-state index contributed by atoms with van der Waals surface area (Å²) in [6.07, 6.45) is 0. The molecule has 2 aliphatic heterocycles. The Balaban J connectivity index is 0.000000165. The molecule has 6 heteroatoms. The van der Waals surface area contributed by atoms with Gasteiger partial charge in [0, 0.05) is 22.3 Å². The van der Waals surface area contributed by atoms with Crippen molar-refractivity contribution in [2.45, 2.75) is 72.9 Å². The molecule has 0 unspecified atom stereocenters. The van der Waals surface area contributed by atoms with Crippen LogP contribution < -0.4 is 9.47 Å². The summed E-state index contributed by atoms with van der Waals surface area (Å²) < 4.78 is 12.1. The minimum atomic E-state index is -0.500. The van der Waals surface area contributed by atoms with Gasteiger partial charge in [-0.25, -0.2) is 0 Å². The quantitative estimate of drug-likeness (QED) is 0.208. The highest BCUT2D eigenvalue weighted by Gasteiger charge is 2.37. The van der Waals surface area contributed by atoms with E-state index in [0.717, 1.165) is 50.1 Å². The average Bonchev–Trinajstić information content (AvgIpc) is 2.87. The molecule has 0 bridgehead atoms. The summed E-state index contributed by atoms with van der Waals surface area (Å²) in [5.41, 5.74) is 8.82. The van der Waals surface area contributed by atoms with Crippen LogP contribution in [0.2, 0.25) is 0 Å². The van der Waals surface area contributed by atoms with E-state index in [-0.39, 0.29) is 24.7 Å². The number of aliphatic hydroxyl groups excluding tert-OH is 2. The number of phenols is 2. The fourth-order valence-electron chi connectivity index (χ4n) is 6.07. The van der Waals surface area contributed by atoms with Crippen molar-refractivity contribution in [3.63, 3.8) is 0 Å². The first-order valence-corrected chi connectivity index (χ1v) is 13.8. The maximum Gasteiger partial charge on any atom is 0.132 e. The Morgan fingerprint density at radius 1 is 0.585 bits per heavy atom. The van der Waals surface area contributed by atoms with Gasteiger partial charge in [0.25, 0.3) is 0 Å². The lowest BCUT2D eigenvalue weighted by Crippen LogP contribution is -2.30.